The van der Waals surface area contributed by atoms with E-state index in [9.17, 15) is 4.79 Å². The van der Waals surface area contributed by atoms with Gasteiger partial charge in [-0.05, 0) is 24.6 Å². The maximum absolute atomic E-state index is 12.1. The Morgan fingerprint density at radius 3 is 2.47 bits per heavy atom. The monoisotopic (exact) mass is 226 g/mol. The molecule has 0 aromatic heterocycles. The van der Waals surface area contributed by atoms with Crippen LogP contribution in [-0.2, 0) is 4.79 Å². The van der Waals surface area contributed by atoms with Crippen molar-refractivity contribution in [3.05, 3.63) is 12.7 Å². The van der Waals surface area contributed by atoms with Crippen LogP contribution in [0, 0.1) is 5.41 Å². The van der Waals surface area contributed by atoms with E-state index in [4.69, 9.17) is 12.2 Å². The van der Waals surface area contributed by atoms with Crippen molar-refractivity contribution >= 4 is 23.2 Å². The predicted octanol–water partition coefficient (Wildman–Crippen LogP) is 1.69. The molecular weight excluding hydrogens is 208 g/mol. The van der Waals surface area contributed by atoms with Gasteiger partial charge in [-0.25, -0.2) is 0 Å². The highest BCUT2D eigenvalue weighted by atomic mass is 32.1. The molecule has 2 atom stereocenters. The fourth-order valence-corrected chi connectivity index (χ4v) is 1.95. The first kappa shape index (κ1) is 12.2. The van der Waals surface area contributed by atoms with Gasteiger partial charge in [-0.3, -0.25) is 9.69 Å². The molecule has 0 bridgehead atoms. The zero-order chi connectivity index (χ0) is 11.8. The Labute approximate surface area is 96.5 Å². The Morgan fingerprint density at radius 2 is 2.13 bits per heavy atom. The normalized spacial score (nSPS) is 24.0. The van der Waals surface area contributed by atoms with E-state index < -0.39 is 0 Å². The van der Waals surface area contributed by atoms with Crippen LogP contribution in [-0.4, -0.2) is 28.0 Å². The minimum Gasteiger partial charge on any atom is -0.350 e. The smallest absolute Gasteiger partial charge is 0.252 e. The average molecular weight is 226 g/mol. The van der Waals surface area contributed by atoms with E-state index in [1.165, 1.54) is 0 Å². The van der Waals surface area contributed by atoms with Crippen molar-refractivity contribution in [3.8, 4) is 0 Å². The lowest BCUT2D eigenvalue weighted by atomic mass is 9.87. The quantitative estimate of drug-likeness (QED) is 0.574. The zero-order valence-corrected chi connectivity index (χ0v) is 10.5. The fraction of sp³-hybridized carbons (Fsp3) is 0.636. The third-order valence-corrected chi connectivity index (χ3v) is 2.90. The summed E-state index contributed by atoms with van der Waals surface area (Å²) in [5.41, 5.74) is -0.128. The summed E-state index contributed by atoms with van der Waals surface area (Å²) >= 11 is 5.15. The average Bonchev–Trinajstić information content (AvgIpc) is 2.40. The second-order valence-corrected chi connectivity index (χ2v) is 5.32. The third-order valence-electron chi connectivity index (χ3n) is 2.59. The van der Waals surface area contributed by atoms with Gasteiger partial charge in [0.15, 0.2) is 5.11 Å². The van der Waals surface area contributed by atoms with Gasteiger partial charge in [-0.2, -0.15) is 0 Å². The molecule has 4 heteroatoms. The number of carbonyl (C=O) groups is 1. The Hall–Kier alpha value is -0.900. The highest BCUT2D eigenvalue weighted by Gasteiger charge is 2.43. The maximum atomic E-state index is 12.1. The summed E-state index contributed by atoms with van der Waals surface area (Å²) in [6.07, 6.45) is 1.72. The van der Waals surface area contributed by atoms with Crippen LogP contribution >= 0.6 is 12.2 Å². The van der Waals surface area contributed by atoms with E-state index in [2.05, 4.69) is 11.9 Å². The van der Waals surface area contributed by atoms with Crippen molar-refractivity contribution in [2.75, 3.05) is 0 Å². The van der Waals surface area contributed by atoms with Gasteiger partial charge in [0, 0.05) is 0 Å². The van der Waals surface area contributed by atoms with Gasteiger partial charge in [0.2, 0.25) is 0 Å². The van der Waals surface area contributed by atoms with E-state index in [0.717, 1.165) is 0 Å². The molecule has 1 rings (SSSR count). The number of hydrogen-bond acceptors (Lipinski definition) is 2. The largest absolute Gasteiger partial charge is 0.350 e. The van der Waals surface area contributed by atoms with E-state index in [-0.39, 0.29) is 23.4 Å². The lowest BCUT2D eigenvalue weighted by Crippen LogP contribution is -2.42. The van der Waals surface area contributed by atoms with Gasteiger partial charge in [-0.15, -0.1) is 6.58 Å². The minimum absolute atomic E-state index is 0.0416. The summed E-state index contributed by atoms with van der Waals surface area (Å²) in [6.45, 7) is 11.6. The molecule has 84 valence electrons. The molecule has 0 saturated carbocycles. The number of thiocarbonyl (C=S) groups is 1. The molecule has 0 aromatic carbocycles. The molecule has 1 aliphatic rings. The van der Waals surface area contributed by atoms with Crippen molar-refractivity contribution in [3.63, 3.8) is 0 Å². The summed E-state index contributed by atoms with van der Waals surface area (Å²) < 4.78 is 0. The van der Waals surface area contributed by atoms with Crippen molar-refractivity contribution in [2.45, 2.75) is 39.8 Å². The van der Waals surface area contributed by atoms with Gasteiger partial charge >= 0.3 is 0 Å². The van der Waals surface area contributed by atoms with Crippen LogP contribution in [0.25, 0.3) is 0 Å². The van der Waals surface area contributed by atoms with Crippen LogP contribution < -0.4 is 5.32 Å². The first-order valence-corrected chi connectivity index (χ1v) is 5.46. The Kier molecular flexibility index (Phi) is 3.19. The molecule has 1 unspecified atom stereocenters. The standard InChI is InChI=1S/C11H18N2OS/c1-6-7(2)13-9(14)8(11(3,4)5)12-10(13)15/h6-8H,1H2,2-5H3,(H,12,15)/t7?,8-/m1/s1. The first-order chi connectivity index (χ1) is 6.79. The summed E-state index contributed by atoms with van der Waals surface area (Å²) in [5.74, 6) is 0.0416. The topological polar surface area (TPSA) is 32.3 Å². The Bertz CT molecular complexity index is 306. The molecule has 0 spiro atoms. The number of carbonyl (C=O) groups excluding carboxylic acids is 1. The maximum Gasteiger partial charge on any atom is 0.252 e. The number of hydrogen-bond donors (Lipinski definition) is 1. The molecule has 15 heavy (non-hydrogen) atoms. The van der Waals surface area contributed by atoms with E-state index >= 15 is 0 Å². The van der Waals surface area contributed by atoms with Crippen LogP contribution in [0.1, 0.15) is 27.7 Å². The molecule has 1 saturated heterocycles. The minimum atomic E-state index is -0.229. The van der Waals surface area contributed by atoms with Crippen LogP contribution in [0.5, 0.6) is 0 Å². The molecule has 0 radical (unpaired) electrons. The molecule has 1 N–H and O–H groups in total. The second-order valence-electron chi connectivity index (χ2n) is 4.93. The van der Waals surface area contributed by atoms with Crippen LogP contribution in [0.3, 0.4) is 0 Å². The van der Waals surface area contributed by atoms with Gasteiger partial charge in [0.05, 0.1) is 6.04 Å². The second kappa shape index (κ2) is 3.93. The van der Waals surface area contributed by atoms with Crippen molar-refractivity contribution in [1.29, 1.82) is 0 Å². The van der Waals surface area contributed by atoms with Gasteiger partial charge in [0.1, 0.15) is 6.04 Å². The molecular formula is C11H18N2OS. The molecule has 1 fully saturated rings. The Balaban J connectivity index is 2.94. The first-order valence-electron chi connectivity index (χ1n) is 5.05. The molecule has 1 aliphatic heterocycles. The third kappa shape index (κ3) is 2.20. The van der Waals surface area contributed by atoms with Gasteiger partial charge < -0.3 is 5.32 Å². The number of nitrogens with zero attached hydrogens (tertiary/aromatic N) is 1. The van der Waals surface area contributed by atoms with Gasteiger partial charge in [0.25, 0.3) is 5.91 Å². The summed E-state index contributed by atoms with van der Waals surface area (Å²) in [5, 5.41) is 3.58. The van der Waals surface area contributed by atoms with Crippen molar-refractivity contribution in [1.82, 2.24) is 10.2 Å². The molecule has 1 amide bonds. The molecule has 3 nitrogen and oxygen atoms in total. The Morgan fingerprint density at radius 1 is 1.60 bits per heavy atom. The predicted molar refractivity (Wildman–Crippen MR) is 65.5 cm³/mol. The lowest BCUT2D eigenvalue weighted by Gasteiger charge is -2.25. The zero-order valence-electron chi connectivity index (χ0n) is 9.70. The van der Waals surface area contributed by atoms with Crippen LogP contribution in [0.2, 0.25) is 0 Å². The van der Waals surface area contributed by atoms with E-state index in [0.29, 0.717) is 5.11 Å². The highest BCUT2D eigenvalue weighted by Crippen LogP contribution is 2.26. The van der Waals surface area contributed by atoms with Crippen LogP contribution in [0.15, 0.2) is 12.7 Å². The van der Waals surface area contributed by atoms with Gasteiger partial charge in [-0.1, -0.05) is 26.8 Å². The van der Waals surface area contributed by atoms with E-state index in [1.54, 1.807) is 11.0 Å². The summed E-state index contributed by atoms with van der Waals surface area (Å²) in [4.78, 5) is 13.7. The fourth-order valence-electron chi connectivity index (χ4n) is 1.57. The lowest BCUT2D eigenvalue weighted by molar-refractivity contribution is -0.129. The number of nitrogens with one attached hydrogen (secondary N) is 1. The van der Waals surface area contributed by atoms with E-state index in [1.807, 2.05) is 27.7 Å². The SMILES string of the molecule is C=CC(C)N1C(=O)[C@H](C(C)(C)C)NC1=S. The van der Waals surface area contributed by atoms with Crippen molar-refractivity contribution < 1.29 is 4.79 Å². The summed E-state index contributed by atoms with van der Waals surface area (Å²) in [6, 6.07) is -0.280. The summed E-state index contributed by atoms with van der Waals surface area (Å²) in [7, 11) is 0. The molecule has 1 heterocycles. The van der Waals surface area contributed by atoms with Crippen LogP contribution in [0.4, 0.5) is 0 Å². The van der Waals surface area contributed by atoms with Crippen molar-refractivity contribution in [2.24, 2.45) is 5.41 Å². The molecule has 0 aromatic rings. The number of rotatable bonds is 2. The molecule has 0 aliphatic carbocycles. The number of amides is 1. The highest BCUT2D eigenvalue weighted by molar-refractivity contribution is 7.80.